The first-order valence-corrected chi connectivity index (χ1v) is 9.27. The van der Waals surface area contributed by atoms with Crippen molar-refractivity contribution in [3.8, 4) is 0 Å². The monoisotopic (exact) mass is 366 g/mol. The summed E-state index contributed by atoms with van der Waals surface area (Å²) in [7, 11) is 0. The number of hydrogen-bond donors (Lipinski definition) is 2. The number of halogens is 1. The van der Waals surface area contributed by atoms with E-state index >= 15 is 0 Å². The normalized spacial score (nSPS) is 15.2. The molecule has 140 valence electrons. The van der Waals surface area contributed by atoms with Crippen molar-refractivity contribution in [2.75, 3.05) is 42.9 Å². The number of benzene rings is 2. The molecule has 1 amide bonds. The van der Waals surface area contributed by atoms with E-state index in [0.29, 0.717) is 6.42 Å². The minimum atomic E-state index is -0.209. The maximum atomic E-state index is 13.0. The van der Waals surface area contributed by atoms with E-state index in [1.165, 1.54) is 12.1 Å². The van der Waals surface area contributed by atoms with Crippen molar-refractivity contribution in [1.82, 2.24) is 9.88 Å². The number of anilines is 2. The lowest BCUT2D eigenvalue weighted by Crippen LogP contribution is -2.47. The number of amides is 1. The van der Waals surface area contributed by atoms with Gasteiger partial charge in [0.1, 0.15) is 5.82 Å². The van der Waals surface area contributed by atoms with E-state index in [1.54, 1.807) is 0 Å². The van der Waals surface area contributed by atoms with Crippen LogP contribution in [0.15, 0.2) is 54.7 Å². The molecule has 0 atom stereocenters. The van der Waals surface area contributed by atoms with Crippen LogP contribution in [0.5, 0.6) is 0 Å². The summed E-state index contributed by atoms with van der Waals surface area (Å²) < 4.78 is 13.0. The van der Waals surface area contributed by atoms with Gasteiger partial charge in [-0.3, -0.25) is 9.69 Å². The molecule has 4 rings (SSSR count). The van der Waals surface area contributed by atoms with Gasteiger partial charge < -0.3 is 15.2 Å². The summed E-state index contributed by atoms with van der Waals surface area (Å²) in [6.45, 7) is 4.32. The van der Waals surface area contributed by atoms with E-state index in [0.717, 1.165) is 55.0 Å². The van der Waals surface area contributed by atoms with Crippen LogP contribution in [-0.2, 0) is 4.79 Å². The molecular weight excluding hydrogens is 343 g/mol. The minimum Gasteiger partial charge on any atom is -0.369 e. The van der Waals surface area contributed by atoms with Crippen LogP contribution in [0.1, 0.15) is 6.42 Å². The number of H-pyrrole nitrogens is 1. The number of nitrogens with one attached hydrogen (secondary N) is 2. The molecule has 0 radical (unpaired) electrons. The SMILES string of the molecule is O=C(CCN1CCN(c2ccc(F)cc2)CC1)Nc1ccc2cc[nH]c2c1. The van der Waals surface area contributed by atoms with Gasteiger partial charge in [0.05, 0.1) is 0 Å². The third-order valence-electron chi connectivity index (χ3n) is 5.06. The summed E-state index contributed by atoms with van der Waals surface area (Å²) in [5, 5.41) is 4.10. The van der Waals surface area contributed by atoms with Crippen molar-refractivity contribution in [2.24, 2.45) is 0 Å². The molecule has 0 saturated carbocycles. The van der Waals surface area contributed by atoms with E-state index < -0.39 is 0 Å². The molecule has 2 aromatic carbocycles. The Bertz CT molecular complexity index is 913. The number of carbonyl (C=O) groups excluding carboxylic acids is 1. The summed E-state index contributed by atoms with van der Waals surface area (Å²) in [5.41, 5.74) is 2.88. The highest BCUT2D eigenvalue weighted by atomic mass is 19.1. The van der Waals surface area contributed by atoms with Crippen molar-refractivity contribution in [2.45, 2.75) is 6.42 Å². The molecule has 1 fully saturated rings. The standard InChI is InChI=1S/C21H23FN4O/c22-17-2-5-19(6-3-17)26-13-11-25(12-14-26)10-8-21(27)24-18-4-1-16-7-9-23-20(16)15-18/h1-7,9,15,23H,8,10-14H2,(H,24,27). The number of nitrogens with zero attached hydrogens (tertiary/aromatic N) is 2. The van der Waals surface area contributed by atoms with Crippen molar-refractivity contribution < 1.29 is 9.18 Å². The fraction of sp³-hybridized carbons (Fsp3) is 0.286. The van der Waals surface area contributed by atoms with Gasteiger partial charge in [-0.25, -0.2) is 4.39 Å². The molecule has 5 nitrogen and oxygen atoms in total. The number of aromatic nitrogens is 1. The topological polar surface area (TPSA) is 51.4 Å². The first kappa shape index (κ1) is 17.5. The van der Waals surface area contributed by atoms with Crippen molar-refractivity contribution in [1.29, 1.82) is 0 Å². The highest BCUT2D eigenvalue weighted by Crippen LogP contribution is 2.19. The van der Waals surface area contributed by atoms with Gasteiger partial charge in [0.25, 0.3) is 0 Å². The van der Waals surface area contributed by atoms with Gasteiger partial charge >= 0.3 is 0 Å². The third-order valence-corrected chi connectivity index (χ3v) is 5.06. The van der Waals surface area contributed by atoms with Gasteiger partial charge in [-0.1, -0.05) is 6.07 Å². The molecule has 1 aliphatic heterocycles. The predicted octanol–water partition coefficient (Wildman–Crippen LogP) is 3.46. The van der Waals surface area contributed by atoms with E-state index in [-0.39, 0.29) is 11.7 Å². The molecule has 1 aromatic heterocycles. The van der Waals surface area contributed by atoms with Crippen LogP contribution in [0.25, 0.3) is 10.9 Å². The molecule has 0 bridgehead atoms. The van der Waals surface area contributed by atoms with Crippen molar-refractivity contribution >= 4 is 28.2 Å². The summed E-state index contributed by atoms with van der Waals surface area (Å²) in [5.74, 6) is -0.180. The number of aromatic amines is 1. The second-order valence-corrected chi connectivity index (χ2v) is 6.88. The predicted molar refractivity (Wildman–Crippen MR) is 107 cm³/mol. The Kier molecular flexibility index (Phi) is 5.07. The third kappa shape index (κ3) is 4.28. The summed E-state index contributed by atoms with van der Waals surface area (Å²) >= 11 is 0. The zero-order valence-electron chi connectivity index (χ0n) is 15.1. The zero-order valence-corrected chi connectivity index (χ0v) is 15.1. The van der Waals surface area contributed by atoms with Crippen LogP contribution >= 0.6 is 0 Å². The summed E-state index contributed by atoms with van der Waals surface area (Å²) in [6, 6.07) is 14.5. The van der Waals surface area contributed by atoms with E-state index in [9.17, 15) is 9.18 Å². The minimum absolute atomic E-state index is 0.0295. The molecule has 1 saturated heterocycles. The van der Waals surface area contributed by atoms with E-state index in [4.69, 9.17) is 0 Å². The van der Waals surface area contributed by atoms with Crippen LogP contribution in [-0.4, -0.2) is 48.5 Å². The Morgan fingerprint density at radius 3 is 2.59 bits per heavy atom. The maximum Gasteiger partial charge on any atom is 0.225 e. The van der Waals surface area contributed by atoms with Crippen LogP contribution in [0.3, 0.4) is 0 Å². The van der Waals surface area contributed by atoms with Gasteiger partial charge in [0, 0.05) is 62.2 Å². The Morgan fingerprint density at radius 1 is 1.04 bits per heavy atom. The molecular formula is C21H23FN4O. The lowest BCUT2D eigenvalue weighted by Gasteiger charge is -2.36. The first-order valence-electron chi connectivity index (χ1n) is 9.27. The molecule has 0 spiro atoms. The van der Waals surface area contributed by atoms with Crippen LogP contribution in [0.2, 0.25) is 0 Å². The molecule has 2 N–H and O–H groups in total. The van der Waals surface area contributed by atoms with E-state index in [2.05, 4.69) is 20.1 Å². The summed E-state index contributed by atoms with van der Waals surface area (Å²) in [4.78, 5) is 20.0. The molecule has 1 aliphatic rings. The quantitative estimate of drug-likeness (QED) is 0.727. The van der Waals surface area contributed by atoms with Gasteiger partial charge in [-0.2, -0.15) is 0 Å². The highest BCUT2D eigenvalue weighted by molar-refractivity contribution is 5.93. The largest absolute Gasteiger partial charge is 0.369 e. The van der Waals surface area contributed by atoms with Crippen LogP contribution < -0.4 is 10.2 Å². The average Bonchev–Trinajstić information content (AvgIpc) is 3.15. The number of hydrogen-bond acceptors (Lipinski definition) is 3. The fourth-order valence-electron chi connectivity index (χ4n) is 3.49. The molecule has 6 heteroatoms. The molecule has 2 heterocycles. The number of piperazine rings is 1. The number of fused-ring (bicyclic) bond motifs is 1. The zero-order chi connectivity index (χ0) is 18.6. The van der Waals surface area contributed by atoms with Crippen molar-refractivity contribution in [3.63, 3.8) is 0 Å². The van der Waals surface area contributed by atoms with Crippen LogP contribution in [0.4, 0.5) is 15.8 Å². The summed E-state index contributed by atoms with van der Waals surface area (Å²) in [6.07, 6.45) is 2.36. The van der Waals surface area contributed by atoms with Gasteiger partial charge in [-0.05, 0) is 47.9 Å². The molecule has 27 heavy (non-hydrogen) atoms. The highest BCUT2D eigenvalue weighted by Gasteiger charge is 2.18. The Labute approximate surface area is 157 Å². The van der Waals surface area contributed by atoms with E-state index in [1.807, 2.05) is 42.6 Å². The Morgan fingerprint density at radius 2 is 1.81 bits per heavy atom. The van der Waals surface area contributed by atoms with Gasteiger partial charge in [0.2, 0.25) is 5.91 Å². The van der Waals surface area contributed by atoms with Gasteiger partial charge in [0.15, 0.2) is 0 Å². The number of rotatable bonds is 5. The lowest BCUT2D eigenvalue weighted by atomic mass is 10.2. The maximum absolute atomic E-state index is 13.0. The van der Waals surface area contributed by atoms with Crippen molar-refractivity contribution in [3.05, 3.63) is 60.5 Å². The molecule has 3 aromatic rings. The number of carbonyl (C=O) groups is 1. The average molecular weight is 366 g/mol. The van der Waals surface area contributed by atoms with Gasteiger partial charge in [-0.15, -0.1) is 0 Å². The fourth-order valence-corrected chi connectivity index (χ4v) is 3.49. The second kappa shape index (κ2) is 7.80. The molecule has 0 unspecified atom stereocenters. The van der Waals surface area contributed by atoms with Crippen LogP contribution in [0, 0.1) is 5.82 Å². The Balaban J connectivity index is 1.23. The Hall–Kier alpha value is -2.86. The lowest BCUT2D eigenvalue weighted by molar-refractivity contribution is -0.116. The first-order chi connectivity index (χ1) is 13.2. The smallest absolute Gasteiger partial charge is 0.225 e. The second-order valence-electron chi connectivity index (χ2n) is 6.88. The molecule has 0 aliphatic carbocycles.